The lowest BCUT2D eigenvalue weighted by molar-refractivity contribution is -0.135. The maximum absolute atomic E-state index is 13.7. The number of aliphatic carboxylic acids is 1. The molecule has 1 heterocycles. The Balaban J connectivity index is 1.27. The lowest BCUT2D eigenvalue weighted by Gasteiger charge is -2.25. The summed E-state index contributed by atoms with van der Waals surface area (Å²) in [4.78, 5) is 36.0. The van der Waals surface area contributed by atoms with E-state index in [2.05, 4.69) is 5.32 Å². The van der Waals surface area contributed by atoms with E-state index < -0.39 is 39.3 Å². The van der Waals surface area contributed by atoms with E-state index in [9.17, 15) is 32.3 Å². The Morgan fingerprint density at radius 1 is 1.02 bits per heavy atom. The molecular weight excluding hydrogens is 659 g/mol. The summed E-state index contributed by atoms with van der Waals surface area (Å²) < 4.78 is 58.6. The van der Waals surface area contributed by atoms with Gasteiger partial charge in [0.05, 0.1) is 50.5 Å². The highest BCUT2D eigenvalue weighted by molar-refractivity contribution is 7.92. The fourth-order valence-corrected chi connectivity index (χ4v) is 6.27. The molecule has 49 heavy (non-hydrogen) atoms. The number of rotatable bonds is 16. The largest absolute Gasteiger partial charge is 0.502 e. The number of carbonyl (C=O) groups is 3. The molecular formula is C35H35FN2O10S. The van der Waals surface area contributed by atoms with Crippen LogP contribution in [0.3, 0.4) is 0 Å². The Hall–Kier alpha value is -5.05. The van der Waals surface area contributed by atoms with E-state index in [1.807, 2.05) is 6.07 Å². The van der Waals surface area contributed by atoms with Crippen LogP contribution in [-0.4, -0.2) is 76.0 Å². The van der Waals surface area contributed by atoms with Crippen LogP contribution in [-0.2, 0) is 30.9 Å². The highest BCUT2D eigenvalue weighted by atomic mass is 32.2. The van der Waals surface area contributed by atoms with Crippen molar-refractivity contribution in [3.63, 3.8) is 0 Å². The fraction of sp³-hybridized carbons (Fsp3) is 0.286. The van der Waals surface area contributed by atoms with E-state index in [1.165, 1.54) is 47.8 Å². The summed E-state index contributed by atoms with van der Waals surface area (Å²) in [5.74, 6) is -3.82. The Morgan fingerprint density at radius 2 is 1.73 bits per heavy atom. The van der Waals surface area contributed by atoms with E-state index in [-0.39, 0.29) is 55.8 Å². The van der Waals surface area contributed by atoms with Crippen LogP contribution < -0.4 is 9.62 Å². The molecule has 5 rings (SSSR count). The molecule has 1 aliphatic rings. The third-order valence-corrected chi connectivity index (χ3v) is 9.04. The van der Waals surface area contributed by atoms with Gasteiger partial charge in [0.1, 0.15) is 17.2 Å². The third kappa shape index (κ3) is 8.52. The van der Waals surface area contributed by atoms with Gasteiger partial charge in [0.15, 0.2) is 5.78 Å². The second-order valence-corrected chi connectivity index (χ2v) is 13.4. The minimum absolute atomic E-state index is 0.00124. The molecule has 0 aliphatic heterocycles. The van der Waals surface area contributed by atoms with Crippen LogP contribution in [0, 0.1) is 5.82 Å². The summed E-state index contributed by atoms with van der Waals surface area (Å²) in [6.45, 7) is 0.481. The Labute approximate surface area is 281 Å². The molecule has 0 spiro atoms. The molecule has 1 aliphatic carbocycles. The lowest BCUT2D eigenvalue weighted by Crippen LogP contribution is -2.34. The summed E-state index contributed by atoms with van der Waals surface area (Å²) in [6, 6.07) is 15.3. The number of furan rings is 1. The van der Waals surface area contributed by atoms with E-state index in [0.29, 0.717) is 33.9 Å². The van der Waals surface area contributed by atoms with Crippen LogP contribution in [0.2, 0.25) is 0 Å². The molecule has 1 fully saturated rings. The maximum Gasteiger partial charge on any atom is 0.371 e. The number of aliphatic hydroxyl groups is 1. The van der Waals surface area contributed by atoms with Crippen molar-refractivity contribution in [2.45, 2.75) is 25.4 Å². The first-order valence-electron chi connectivity index (χ1n) is 15.4. The number of carboxylic acids is 1. The lowest BCUT2D eigenvalue weighted by atomic mass is 10.0. The number of hydrogen-bond acceptors (Lipinski definition) is 9. The molecule has 14 heteroatoms. The predicted molar refractivity (Wildman–Crippen MR) is 179 cm³/mol. The second-order valence-electron chi connectivity index (χ2n) is 11.5. The Kier molecular flexibility index (Phi) is 10.8. The van der Waals surface area contributed by atoms with Gasteiger partial charge in [-0.05, 0) is 66.3 Å². The number of anilines is 1. The second kappa shape index (κ2) is 15.0. The van der Waals surface area contributed by atoms with Gasteiger partial charge in [0.25, 0.3) is 5.91 Å². The van der Waals surface area contributed by atoms with E-state index in [1.54, 1.807) is 18.2 Å². The number of carbonyl (C=O) groups excluding carboxylic acids is 2. The predicted octanol–water partition coefficient (Wildman–Crippen LogP) is 5.18. The number of hydrogen-bond donors (Lipinski definition) is 3. The van der Waals surface area contributed by atoms with Crippen molar-refractivity contribution in [2.75, 3.05) is 44.0 Å². The topological polar surface area (TPSA) is 173 Å². The van der Waals surface area contributed by atoms with Crippen molar-refractivity contribution in [3.8, 4) is 11.3 Å². The van der Waals surface area contributed by atoms with E-state index in [0.717, 1.165) is 24.7 Å². The van der Waals surface area contributed by atoms with Gasteiger partial charge in [-0.25, -0.2) is 17.6 Å². The smallest absolute Gasteiger partial charge is 0.371 e. The van der Waals surface area contributed by atoms with Crippen molar-refractivity contribution < 1.29 is 51.3 Å². The quantitative estimate of drug-likeness (QED) is 0.0614. The first-order chi connectivity index (χ1) is 23.4. The maximum atomic E-state index is 13.7. The van der Waals surface area contributed by atoms with Gasteiger partial charge in [0.2, 0.25) is 15.8 Å². The van der Waals surface area contributed by atoms with Gasteiger partial charge < -0.3 is 29.4 Å². The van der Waals surface area contributed by atoms with Crippen LogP contribution in [0.1, 0.15) is 50.6 Å². The summed E-state index contributed by atoms with van der Waals surface area (Å²) in [7, 11) is -2.27. The van der Waals surface area contributed by atoms with Crippen LogP contribution in [0.5, 0.6) is 0 Å². The zero-order chi connectivity index (χ0) is 35.3. The van der Waals surface area contributed by atoms with E-state index >= 15 is 0 Å². The third-order valence-electron chi connectivity index (χ3n) is 7.86. The molecule has 258 valence electrons. The molecule has 0 atom stereocenters. The van der Waals surface area contributed by atoms with Crippen molar-refractivity contribution in [2.24, 2.45) is 0 Å². The number of allylic oxidation sites excluding steroid dienone is 1. The number of amides is 1. The number of ketones is 1. The number of ether oxygens (including phenoxy) is 2. The molecule has 1 saturated carbocycles. The van der Waals surface area contributed by atoms with Crippen molar-refractivity contribution >= 4 is 44.3 Å². The number of nitrogens with one attached hydrogen (secondary N) is 1. The summed E-state index contributed by atoms with van der Waals surface area (Å²) >= 11 is 0. The molecule has 0 saturated heterocycles. The van der Waals surface area contributed by atoms with Crippen molar-refractivity contribution in [3.05, 3.63) is 101 Å². The Morgan fingerprint density at radius 3 is 2.39 bits per heavy atom. The van der Waals surface area contributed by atoms with Gasteiger partial charge in [0, 0.05) is 35.7 Å². The van der Waals surface area contributed by atoms with Crippen LogP contribution >= 0.6 is 0 Å². The monoisotopic (exact) mass is 694 g/mol. The highest BCUT2D eigenvalue weighted by Gasteiger charge is 2.33. The molecule has 1 aromatic heterocycles. The minimum atomic E-state index is -3.77. The van der Waals surface area contributed by atoms with Crippen LogP contribution in [0.4, 0.5) is 10.1 Å². The highest BCUT2D eigenvalue weighted by Crippen LogP contribution is 2.48. The molecule has 3 N–H and O–H groups in total. The normalized spacial score (nSPS) is 13.4. The average Bonchev–Trinajstić information content (AvgIpc) is 3.85. The first-order valence-corrected chi connectivity index (χ1v) is 17.2. The van der Waals surface area contributed by atoms with E-state index in [4.69, 9.17) is 19.0 Å². The molecule has 0 radical (unpaired) electrons. The molecule has 4 aromatic rings. The zero-order valence-corrected chi connectivity index (χ0v) is 27.6. The molecule has 12 nitrogen and oxygen atoms in total. The Bertz CT molecular complexity index is 2020. The van der Waals surface area contributed by atoms with Crippen molar-refractivity contribution in [1.82, 2.24) is 5.32 Å². The number of halogens is 1. The SMILES string of the molecule is CNC(=O)c1c(-c2ccc(F)cc2)oc2cc(N(CCOCCOCc3cccc(C(=O)/C=C(\O)C(=O)O)c3)S(C)(=O)=O)c(C3CC3)cc12. The minimum Gasteiger partial charge on any atom is -0.502 e. The van der Waals surface area contributed by atoms with Gasteiger partial charge >= 0.3 is 5.97 Å². The van der Waals surface area contributed by atoms with Crippen LogP contribution in [0.25, 0.3) is 22.3 Å². The van der Waals surface area contributed by atoms with Gasteiger partial charge in [-0.3, -0.25) is 13.9 Å². The number of aliphatic hydroxyl groups excluding tert-OH is 1. The summed E-state index contributed by atoms with van der Waals surface area (Å²) in [5.41, 5.74) is 3.10. The molecule has 1 amide bonds. The van der Waals surface area contributed by atoms with Gasteiger partial charge in [-0.1, -0.05) is 18.2 Å². The molecule has 0 bridgehead atoms. The fourth-order valence-electron chi connectivity index (χ4n) is 5.35. The summed E-state index contributed by atoms with van der Waals surface area (Å²) in [6.07, 6.45) is 3.46. The average molecular weight is 695 g/mol. The molecule has 0 unspecified atom stereocenters. The van der Waals surface area contributed by atoms with Crippen LogP contribution in [0.15, 0.2) is 76.9 Å². The van der Waals surface area contributed by atoms with Crippen molar-refractivity contribution in [1.29, 1.82) is 0 Å². The summed E-state index contributed by atoms with van der Waals surface area (Å²) in [5, 5.41) is 21.2. The number of carboxylic acid groups (broad SMARTS) is 1. The number of benzene rings is 3. The van der Waals surface area contributed by atoms with Gasteiger partial charge in [-0.15, -0.1) is 0 Å². The first kappa shape index (κ1) is 35.3. The number of nitrogens with zero attached hydrogens (tertiary/aromatic N) is 1. The number of fused-ring (bicyclic) bond motifs is 1. The number of sulfonamides is 1. The zero-order valence-electron chi connectivity index (χ0n) is 26.8. The molecule has 3 aromatic carbocycles. The standard InChI is InChI=1S/C35H35FN2O10S/c1-37-34(41)32-27-17-26(22-6-7-22)28(18-31(27)48-33(32)23-8-10-25(36)11-9-23)38(49(2,44)45)12-13-46-14-15-47-20-21-4-3-5-24(16-21)29(39)19-30(40)35(42)43/h3-5,8-11,16-19,22,40H,6-7,12-15,20H2,1-2H3,(H,37,41)(H,42,43)/b30-19-. The van der Waals surface area contributed by atoms with Gasteiger partial charge in [-0.2, -0.15) is 0 Å².